The van der Waals surface area contributed by atoms with Crippen LogP contribution >= 0.6 is 12.4 Å². The molecular formula is C26H29ClF7N3O2. The second-order valence-corrected chi connectivity index (χ2v) is 9.68. The van der Waals surface area contributed by atoms with Crippen LogP contribution in [0.25, 0.3) is 0 Å². The molecule has 5 nitrogen and oxygen atoms in total. The van der Waals surface area contributed by atoms with E-state index in [-0.39, 0.29) is 37.0 Å². The SMILES string of the molecule is Cc1cc(F)ccc1C1CN(C(C)C(N)=O)CCC1C(=O)N(C)Cc1cc(C(F)(F)F)cc(C(F)(F)F)c1.Cl. The zero-order valence-electron chi connectivity index (χ0n) is 21.4. The van der Waals surface area contributed by atoms with Gasteiger partial charge in [0.1, 0.15) is 5.82 Å². The van der Waals surface area contributed by atoms with E-state index in [0.29, 0.717) is 29.8 Å². The second kappa shape index (κ2) is 12.1. The van der Waals surface area contributed by atoms with Gasteiger partial charge in [-0.2, -0.15) is 26.3 Å². The lowest BCUT2D eigenvalue weighted by molar-refractivity contribution is -0.143. The molecule has 3 unspecified atom stereocenters. The van der Waals surface area contributed by atoms with Gasteiger partial charge in [0.15, 0.2) is 0 Å². The molecule has 13 heteroatoms. The smallest absolute Gasteiger partial charge is 0.368 e. The molecule has 1 heterocycles. The normalized spacial score (nSPS) is 19.2. The van der Waals surface area contributed by atoms with Gasteiger partial charge in [0.25, 0.3) is 0 Å². The molecule has 0 radical (unpaired) electrons. The predicted octanol–water partition coefficient (Wildman–Crippen LogP) is 5.53. The van der Waals surface area contributed by atoms with Gasteiger partial charge in [0.2, 0.25) is 11.8 Å². The maximum absolute atomic E-state index is 13.8. The summed E-state index contributed by atoms with van der Waals surface area (Å²) in [6.45, 7) is 3.34. The Morgan fingerprint density at radius 2 is 1.62 bits per heavy atom. The summed E-state index contributed by atoms with van der Waals surface area (Å²) in [6, 6.07) is 4.67. The Hall–Kier alpha value is -2.86. The van der Waals surface area contributed by atoms with E-state index in [4.69, 9.17) is 5.73 Å². The molecule has 0 aromatic heterocycles. The Bertz CT molecular complexity index is 1170. The highest BCUT2D eigenvalue weighted by molar-refractivity contribution is 5.85. The van der Waals surface area contributed by atoms with Crippen LogP contribution in [0.5, 0.6) is 0 Å². The molecule has 0 aliphatic carbocycles. The van der Waals surface area contributed by atoms with Gasteiger partial charge < -0.3 is 10.6 Å². The van der Waals surface area contributed by atoms with Crippen molar-refractivity contribution in [3.05, 3.63) is 70.0 Å². The summed E-state index contributed by atoms with van der Waals surface area (Å²) >= 11 is 0. The Morgan fingerprint density at radius 3 is 2.10 bits per heavy atom. The fourth-order valence-corrected chi connectivity index (χ4v) is 4.92. The summed E-state index contributed by atoms with van der Waals surface area (Å²) in [5, 5.41) is 0. The summed E-state index contributed by atoms with van der Waals surface area (Å²) in [7, 11) is 1.31. The standard InChI is InChI=1S/C26H28F7N3O2.ClH/c1-14-8-19(27)4-5-20(14)22-13-36(15(2)23(34)37)7-6-21(22)24(38)35(3)12-16-9-17(25(28,29)30)11-18(10-16)26(31,32)33;/h4-5,8-11,15,21-22H,6-7,12-13H2,1-3H3,(H2,34,37);1H. The van der Waals surface area contributed by atoms with Crippen LogP contribution in [0.3, 0.4) is 0 Å². The number of rotatable bonds is 6. The third-order valence-electron chi connectivity index (χ3n) is 7.00. The highest BCUT2D eigenvalue weighted by Crippen LogP contribution is 2.38. The van der Waals surface area contributed by atoms with Gasteiger partial charge in [-0.15, -0.1) is 12.4 Å². The average Bonchev–Trinajstić information content (AvgIpc) is 2.81. The molecule has 2 aromatic rings. The van der Waals surface area contributed by atoms with E-state index in [2.05, 4.69) is 0 Å². The number of likely N-dealkylation sites (tertiary alicyclic amines) is 1. The highest BCUT2D eigenvalue weighted by Gasteiger charge is 2.40. The number of alkyl halides is 6. The van der Waals surface area contributed by atoms with Gasteiger partial charge in [-0.3, -0.25) is 14.5 Å². The van der Waals surface area contributed by atoms with Crippen molar-refractivity contribution in [2.24, 2.45) is 11.7 Å². The van der Waals surface area contributed by atoms with Crippen LogP contribution in [0.15, 0.2) is 36.4 Å². The van der Waals surface area contributed by atoms with Crippen LogP contribution in [0.1, 0.15) is 47.1 Å². The van der Waals surface area contributed by atoms with E-state index >= 15 is 0 Å². The van der Waals surface area contributed by atoms with Crippen LogP contribution in [0.2, 0.25) is 0 Å². The minimum atomic E-state index is -5.01. The topological polar surface area (TPSA) is 66.6 Å². The van der Waals surface area contributed by atoms with Crippen molar-refractivity contribution in [2.75, 3.05) is 20.1 Å². The van der Waals surface area contributed by atoms with Crippen molar-refractivity contribution in [3.63, 3.8) is 0 Å². The number of benzene rings is 2. The third-order valence-corrected chi connectivity index (χ3v) is 7.00. The quantitative estimate of drug-likeness (QED) is 0.455. The van der Waals surface area contributed by atoms with Crippen LogP contribution in [0.4, 0.5) is 30.7 Å². The molecule has 0 bridgehead atoms. The molecule has 3 atom stereocenters. The molecule has 2 amide bonds. The van der Waals surface area contributed by atoms with Crippen LogP contribution in [0, 0.1) is 18.7 Å². The van der Waals surface area contributed by atoms with Gasteiger partial charge in [-0.1, -0.05) is 6.07 Å². The van der Waals surface area contributed by atoms with Crippen LogP contribution in [-0.4, -0.2) is 47.8 Å². The molecule has 1 aliphatic rings. The Morgan fingerprint density at radius 1 is 1.05 bits per heavy atom. The number of aryl methyl sites for hydroxylation is 1. The minimum absolute atomic E-state index is 0. The summed E-state index contributed by atoms with van der Waals surface area (Å²) < 4.78 is 93.4. The lowest BCUT2D eigenvalue weighted by atomic mass is 9.78. The van der Waals surface area contributed by atoms with Crippen molar-refractivity contribution >= 4 is 24.2 Å². The summed E-state index contributed by atoms with van der Waals surface area (Å²) in [5.41, 5.74) is 3.42. The fraction of sp³-hybridized carbons (Fsp3) is 0.462. The first-order valence-corrected chi connectivity index (χ1v) is 11.8. The molecule has 1 saturated heterocycles. The first-order valence-electron chi connectivity index (χ1n) is 11.8. The number of nitrogens with two attached hydrogens (primary N) is 1. The molecule has 2 aromatic carbocycles. The molecular weight excluding hydrogens is 555 g/mol. The van der Waals surface area contributed by atoms with Crippen molar-refractivity contribution in [1.29, 1.82) is 0 Å². The van der Waals surface area contributed by atoms with Gasteiger partial charge in [-0.05, 0) is 73.8 Å². The van der Waals surface area contributed by atoms with Gasteiger partial charge in [0.05, 0.1) is 17.2 Å². The highest BCUT2D eigenvalue weighted by atomic mass is 35.5. The zero-order valence-corrected chi connectivity index (χ0v) is 22.2. The molecule has 1 aliphatic heterocycles. The van der Waals surface area contributed by atoms with E-state index in [1.807, 2.05) is 0 Å². The monoisotopic (exact) mass is 583 g/mol. The Kier molecular flexibility index (Phi) is 10.1. The number of carbonyl (C=O) groups is 2. The lowest BCUT2D eigenvalue weighted by Crippen LogP contribution is -2.51. The number of amides is 2. The largest absolute Gasteiger partial charge is 0.416 e. The fourth-order valence-electron chi connectivity index (χ4n) is 4.92. The minimum Gasteiger partial charge on any atom is -0.368 e. The van der Waals surface area contributed by atoms with E-state index in [1.54, 1.807) is 18.7 Å². The zero-order chi connectivity index (χ0) is 28.6. The maximum Gasteiger partial charge on any atom is 0.416 e. The summed E-state index contributed by atoms with van der Waals surface area (Å²) in [5.74, 6) is -2.77. The molecule has 39 heavy (non-hydrogen) atoms. The van der Waals surface area contributed by atoms with E-state index < -0.39 is 65.5 Å². The lowest BCUT2D eigenvalue weighted by Gasteiger charge is -2.41. The predicted molar refractivity (Wildman–Crippen MR) is 132 cm³/mol. The molecule has 0 saturated carbocycles. The van der Waals surface area contributed by atoms with Gasteiger partial charge in [-0.25, -0.2) is 4.39 Å². The van der Waals surface area contributed by atoms with Crippen molar-refractivity contribution in [3.8, 4) is 0 Å². The number of carbonyl (C=O) groups excluding carboxylic acids is 2. The number of halogens is 8. The van der Waals surface area contributed by atoms with Gasteiger partial charge in [0, 0.05) is 32.0 Å². The third kappa shape index (κ3) is 7.63. The Balaban J connectivity index is 0.00000533. The average molecular weight is 584 g/mol. The molecule has 3 rings (SSSR count). The van der Waals surface area contributed by atoms with Crippen molar-refractivity contribution < 1.29 is 40.3 Å². The number of hydrogen-bond acceptors (Lipinski definition) is 3. The van der Waals surface area contributed by atoms with Crippen LogP contribution < -0.4 is 5.73 Å². The first-order chi connectivity index (χ1) is 17.5. The number of nitrogens with zero attached hydrogens (tertiary/aromatic N) is 2. The molecule has 0 spiro atoms. The van der Waals surface area contributed by atoms with E-state index in [0.717, 1.165) is 4.90 Å². The Labute approximate surface area is 227 Å². The van der Waals surface area contributed by atoms with Crippen molar-refractivity contribution in [2.45, 2.75) is 51.1 Å². The number of piperidine rings is 1. The number of primary amides is 1. The molecule has 216 valence electrons. The number of hydrogen-bond donors (Lipinski definition) is 1. The second-order valence-electron chi connectivity index (χ2n) is 9.68. The first kappa shape index (κ1) is 32.4. The van der Waals surface area contributed by atoms with Gasteiger partial charge >= 0.3 is 12.4 Å². The van der Waals surface area contributed by atoms with Crippen molar-refractivity contribution in [1.82, 2.24) is 9.80 Å². The molecule has 1 fully saturated rings. The maximum atomic E-state index is 13.8. The van der Waals surface area contributed by atoms with Crippen LogP contribution in [-0.2, 0) is 28.5 Å². The van der Waals surface area contributed by atoms with E-state index in [1.165, 1.54) is 25.2 Å². The van der Waals surface area contributed by atoms with E-state index in [9.17, 15) is 40.3 Å². The summed E-state index contributed by atoms with van der Waals surface area (Å²) in [6.07, 6.45) is -9.76. The molecule has 2 N–H and O–H groups in total. The summed E-state index contributed by atoms with van der Waals surface area (Å²) in [4.78, 5) is 28.2.